The summed E-state index contributed by atoms with van der Waals surface area (Å²) in [6, 6.07) is 2.11. The van der Waals surface area contributed by atoms with Crippen LogP contribution >= 0.6 is 11.3 Å². The van der Waals surface area contributed by atoms with Gasteiger partial charge < -0.3 is 16.4 Å². The zero-order valence-corrected chi connectivity index (χ0v) is 12.3. The van der Waals surface area contributed by atoms with E-state index >= 15 is 0 Å². The molecular formula is C13H19N5OS. The molecule has 0 aromatic carbocycles. The van der Waals surface area contributed by atoms with Gasteiger partial charge in [-0.15, -0.1) is 11.3 Å². The van der Waals surface area contributed by atoms with Crippen LogP contribution in [0.2, 0.25) is 0 Å². The van der Waals surface area contributed by atoms with Gasteiger partial charge in [0.2, 0.25) is 5.91 Å². The average Bonchev–Trinajstić information content (AvgIpc) is 2.89. The number of carbonyl (C=O) groups excluding carboxylic acids is 1. The third-order valence-corrected chi connectivity index (χ3v) is 4.03. The predicted octanol–water partition coefficient (Wildman–Crippen LogP) is 1.13. The number of aryl methyl sites for hydroxylation is 1. The molecule has 2 rings (SSSR count). The van der Waals surface area contributed by atoms with Crippen LogP contribution in [-0.2, 0) is 11.2 Å². The lowest BCUT2D eigenvalue weighted by molar-refractivity contribution is -0.120. The third kappa shape index (κ3) is 3.64. The zero-order valence-electron chi connectivity index (χ0n) is 11.5. The molecule has 2 aromatic heterocycles. The van der Waals surface area contributed by atoms with Crippen molar-refractivity contribution in [3.05, 3.63) is 17.3 Å². The van der Waals surface area contributed by atoms with Crippen LogP contribution in [0.1, 0.15) is 18.2 Å². The zero-order chi connectivity index (χ0) is 14.4. The summed E-state index contributed by atoms with van der Waals surface area (Å²) in [5.41, 5.74) is 5.33. The SMILES string of the molecule is CCc1cc2c(NCCC(=O)NCCN)ncnc2s1. The van der Waals surface area contributed by atoms with Crippen molar-refractivity contribution >= 4 is 33.3 Å². The maximum atomic E-state index is 11.5. The largest absolute Gasteiger partial charge is 0.369 e. The minimum atomic E-state index is -0.00665. The number of amides is 1. The van der Waals surface area contributed by atoms with E-state index in [2.05, 4.69) is 33.6 Å². The van der Waals surface area contributed by atoms with Crippen molar-refractivity contribution < 1.29 is 4.79 Å². The van der Waals surface area contributed by atoms with Crippen molar-refractivity contribution in [2.75, 3.05) is 25.0 Å². The van der Waals surface area contributed by atoms with E-state index in [1.165, 1.54) is 4.88 Å². The molecule has 0 spiro atoms. The lowest BCUT2D eigenvalue weighted by Gasteiger charge is -2.06. The van der Waals surface area contributed by atoms with Crippen LogP contribution < -0.4 is 16.4 Å². The van der Waals surface area contributed by atoms with Crippen molar-refractivity contribution in [1.82, 2.24) is 15.3 Å². The number of nitrogens with two attached hydrogens (primary N) is 1. The van der Waals surface area contributed by atoms with E-state index in [9.17, 15) is 4.79 Å². The molecule has 108 valence electrons. The lowest BCUT2D eigenvalue weighted by atomic mass is 10.3. The Balaban J connectivity index is 1.96. The van der Waals surface area contributed by atoms with Crippen LogP contribution in [0.3, 0.4) is 0 Å². The molecule has 0 fully saturated rings. The number of nitrogens with one attached hydrogen (secondary N) is 2. The summed E-state index contributed by atoms with van der Waals surface area (Å²) in [5.74, 6) is 0.783. The first-order chi connectivity index (χ1) is 9.74. The second-order valence-electron chi connectivity index (χ2n) is 4.32. The number of hydrogen-bond donors (Lipinski definition) is 3. The molecule has 7 heteroatoms. The van der Waals surface area contributed by atoms with Gasteiger partial charge in [-0.2, -0.15) is 0 Å². The molecule has 0 aliphatic heterocycles. The van der Waals surface area contributed by atoms with E-state index in [0.29, 0.717) is 26.1 Å². The van der Waals surface area contributed by atoms with Gasteiger partial charge in [0.05, 0.1) is 5.39 Å². The first kappa shape index (κ1) is 14.7. The molecule has 4 N–H and O–H groups in total. The molecule has 1 amide bonds. The van der Waals surface area contributed by atoms with Gasteiger partial charge in [-0.25, -0.2) is 9.97 Å². The second kappa shape index (κ2) is 7.16. The molecule has 0 aliphatic carbocycles. The molecule has 6 nitrogen and oxygen atoms in total. The molecule has 0 saturated heterocycles. The molecular weight excluding hydrogens is 274 g/mol. The molecule has 20 heavy (non-hydrogen) atoms. The fourth-order valence-corrected chi connectivity index (χ4v) is 2.75. The molecule has 0 aliphatic rings. The average molecular weight is 293 g/mol. The minimum Gasteiger partial charge on any atom is -0.369 e. The Hall–Kier alpha value is -1.73. The Bertz CT molecular complexity index is 583. The number of hydrogen-bond acceptors (Lipinski definition) is 6. The van der Waals surface area contributed by atoms with Crippen LogP contribution in [-0.4, -0.2) is 35.5 Å². The lowest BCUT2D eigenvalue weighted by Crippen LogP contribution is -2.30. The van der Waals surface area contributed by atoms with Crippen molar-refractivity contribution in [3.63, 3.8) is 0 Å². The van der Waals surface area contributed by atoms with Crippen molar-refractivity contribution in [3.8, 4) is 0 Å². The molecule has 0 bridgehead atoms. The minimum absolute atomic E-state index is 0.00665. The number of thiophene rings is 1. The highest BCUT2D eigenvalue weighted by Crippen LogP contribution is 2.28. The fraction of sp³-hybridized carbons (Fsp3) is 0.462. The molecule has 2 aromatic rings. The number of aromatic nitrogens is 2. The van der Waals surface area contributed by atoms with E-state index in [0.717, 1.165) is 22.5 Å². The van der Waals surface area contributed by atoms with E-state index in [-0.39, 0.29) is 5.91 Å². The number of carbonyl (C=O) groups is 1. The summed E-state index contributed by atoms with van der Waals surface area (Å²) in [7, 11) is 0. The van der Waals surface area contributed by atoms with E-state index in [1.54, 1.807) is 17.7 Å². The summed E-state index contributed by atoms with van der Waals surface area (Å²) in [6.45, 7) is 3.63. The molecule has 0 atom stereocenters. The smallest absolute Gasteiger partial charge is 0.221 e. The predicted molar refractivity (Wildman–Crippen MR) is 82.0 cm³/mol. The summed E-state index contributed by atoms with van der Waals surface area (Å²) in [5, 5.41) is 6.95. The highest BCUT2D eigenvalue weighted by atomic mass is 32.1. The van der Waals surface area contributed by atoms with Gasteiger partial charge in [-0.05, 0) is 12.5 Å². The Morgan fingerprint density at radius 2 is 2.25 bits per heavy atom. The highest BCUT2D eigenvalue weighted by molar-refractivity contribution is 7.18. The molecule has 2 heterocycles. The molecule has 0 radical (unpaired) electrons. The highest BCUT2D eigenvalue weighted by Gasteiger charge is 2.08. The summed E-state index contributed by atoms with van der Waals surface area (Å²) in [6.07, 6.45) is 2.94. The normalized spacial score (nSPS) is 10.7. The van der Waals surface area contributed by atoms with Gasteiger partial charge in [0.1, 0.15) is 17.0 Å². The van der Waals surface area contributed by atoms with Gasteiger partial charge in [-0.1, -0.05) is 6.92 Å². The first-order valence-corrected chi connectivity index (χ1v) is 7.50. The van der Waals surface area contributed by atoms with Crippen molar-refractivity contribution in [1.29, 1.82) is 0 Å². The summed E-state index contributed by atoms with van der Waals surface area (Å²) >= 11 is 1.68. The van der Waals surface area contributed by atoms with Gasteiger partial charge in [0, 0.05) is 30.9 Å². The Kier molecular flexibility index (Phi) is 5.25. The van der Waals surface area contributed by atoms with Crippen molar-refractivity contribution in [2.45, 2.75) is 19.8 Å². The fourth-order valence-electron chi connectivity index (χ4n) is 1.81. The Morgan fingerprint density at radius 3 is 3.00 bits per heavy atom. The quantitative estimate of drug-likeness (QED) is 0.711. The van der Waals surface area contributed by atoms with Crippen LogP contribution in [0.25, 0.3) is 10.2 Å². The van der Waals surface area contributed by atoms with Gasteiger partial charge in [-0.3, -0.25) is 4.79 Å². The van der Waals surface area contributed by atoms with Crippen LogP contribution in [0.5, 0.6) is 0 Å². The number of anilines is 1. The van der Waals surface area contributed by atoms with Gasteiger partial charge >= 0.3 is 0 Å². The maximum Gasteiger partial charge on any atom is 0.221 e. The molecule has 0 unspecified atom stereocenters. The Morgan fingerprint density at radius 1 is 1.40 bits per heavy atom. The van der Waals surface area contributed by atoms with E-state index in [1.807, 2.05) is 0 Å². The number of fused-ring (bicyclic) bond motifs is 1. The topological polar surface area (TPSA) is 92.9 Å². The van der Waals surface area contributed by atoms with Crippen molar-refractivity contribution in [2.24, 2.45) is 5.73 Å². The second-order valence-corrected chi connectivity index (χ2v) is 5.44. The third-order valence-electron chi connectivity index (χ3n) is 2.84. The van der Waals surface area contributed by atoms with Crippen LogP contribution in [0.4, 0.5) is 5.82 Å². The number of rotatable bonds is 7. The Labute approximate surface area is 121 Å². The van der Waals surface area contributed by atoms with Crippen LogP contribution in [0, 0.1) is 0 Å². The summed E-state index contributed by atoms with van der Waals surface area (Å²) < 4.78 is 0. The summed E-state index contributed by atoms with van der Waals surface area (Å²) in [4.78, 5) is 22.2. The first-order valence-electron chi connectivity index (χ1n) is 6.68. The van der Waals surface area contributed by atoms with E-state index < -0.39 is 0 Å². The van der Waals surface area contributed by atoms with Crippen LogP contribution in [0.15, 0.2) is 12.4 Å². The maximum absolute atomic E-state index is 11.5. The standard InChI is InChI=1S/C13H19N5OS/c1-2-9-7-10-12(17-8-18-13(10)20-9)16-5-3-11(19)15-6-4-14/h7-8H,2-6,14H2,1H3,(H,15,19)(H,16,17,18). The van der Waals surface area contributed by atoms with E-state index in [4.69, 9.17) is 5.73 Å². The molecule has 0 saturated carbocycles. The van der Waals surface area contributed by atoms with Gasteiger partial charge in [0.25, 0.3) is 0 Å². The number of nitrogens with zero attached hydrogens (tertiary/aromatic N) is 2. The monoisotopic (exact) mass is 293 g/mol. The van der Waals surface area contributed by atoms with Gasteiger partial charge in [0.15, 0.2) is 0 Å².